The fourth-order valence-electron chi connectivity index (χ4n) is 4.62. The number of ketones is 1. The first kappa shape index (κ1) is 30.8. The zero-order valence-corrected chi connectivity index (χ0v) is 25.2. The lowest BCUT2D eigenvalue weighted by Gasteiger charge is -2.23. The van der Waals surface area contributed by atoms with Crippen LogP contribution in [0.5, 0.6) is 11.5 Å². The summed E-state index contributed by atoms with van der Waals surface area (Å²) in [5.74, 6) is -1.44. The first-order valence-electron chi connectivity index (χ1n) is 14.1. The second-order valence-electron chi connectivity index (χ2n) is 9.93. The van der Waals surface area contributed by atoms with E-state index in [2.05, 4.69) is 18.8 Å². The van der Waals surface area contributed by atoms with Gasteiger partial charge in [-0.3, -0.25) is 14.5 Å². The molecule has 1 unspecified atom stereocenters. The van der Waals surface area contributed by atoms with Gasteiger partial charge in [-0.2, -0.15) is 0 Å². The standard InChI is InChI=1S/C32H36N2O7S/c1-5-7-9-18-40-23-15-13-21(14-16-23)26-25(27(35)22-11-10-12-24(19-22)41-17-8-6-2)28(36)30(37)34(26)32-33-20(3)29(42-32)31(38)39-4/h10-16,19,26,35H,5-9,17-18H2,1-4H3. The molecule has 0 bridgehead atoms. The molecular formula is C32H36N2O7S. The van der Waals surface area contributed by atoms with E-state index in [9.17, 15) is 19.5 Å². The second kappa shape index (κ2) is 14.1. The van der Waals surface area contributed by atoms with Crippen molar-refractivity contribution in [2.75, 3.05) is 25.2 Å². The minimum absolute atomic E-state index is 0.0882. The summed E-state index contributed by atoms with van der Waals surface area (Å²) in [6, 6.07) is 12.9. The van der Waals surface area contributed by atoms with Crippen LogP contribution in [-0.4, -0.2) is 48.1 Å². The molecule has 1 N–H and O–H groups in total. The lowest BCUT2D eigenvalue weighted by atomic mass is 9.95. The lowest BCUT2D eigenvalue weighted by Crippen LogP contribution is -2.29. The molecule has 0 radical (unpaired) electrons. The summed E-state index contributed by atoms with van der Waals surface area (Å²) in [7, 11) is 1.26. The molecule has 2 aromatic carbocycles. The van der Waals surface area contributed by atoms with E-state index >= 15 is 0 Å². The largest absolute Gasteiger partial charge is 0.507 e. The molecule has 2 heterocycles. The number of methoxy groups -OCH3 is 1. The van der Waals surface area contributed by atoms with Gasteiger partial charge in [0.15, 0.2) is 5.13 Å². The van der Waals surface area contributed by atoms with Crippen LogP contribution in [0.1, 0.15) is 78.5 Å². The van der Waals surface area contributed by atoms with E-state index in [1.54, 1.807) is 55.5 Å². The van der Waals surface area contributed by atoms with Crippen LogP contribution in [0.2, 0.25) is 0 Å². The Morgan fingerprint density at radius 1 is 0.976 bits per heavy atom. The molecule has 0 aliphatic carbocycles. The number of aliphatic hydroxyl groups excluding tert-OH is 1. The van der Waals surface area contributed by atoms with Gasteiger partial charge >= 0.3 is 11.9 Å². The Morgan fingerprint density at radius 2 is 1.67 bits per heavy atom. The first-order chi connectivity index (χ1) is 20.3. The van der Waals surface area contributed by atoms with E-state index < -0.39 is 23.7 Å². The number of rotatable bonds is 13. The Hall–Kier alpha value is -4.18. The van der Waals surface area contributed by atoms with Crippen molar-refractivity contribution in [1.29, 1.82) is 0 Å². The predicted octanol–water partition coefficient (Wildman–Crippen LogP) is 6.61. The number of thiazole rings is 1. The van der Waals surface area contributed by atoms with Crippen molar-refractivity contribution < 1.29 is 33.7 Å². The van der Waals surface area contributed by atoms with Crippen molar-refractivity contribution in [3.63, 3.8) is 0 Å². The average Bonchev–Trinajstić information content (AvgIpc) is 3.51. The van der Waals surface area contributed by atoms with E-state index in [-0.39, 0.29) is 21.3 Å². The molecule has 1 fully saturated rings. The van der Waals surface area contributed by atoms with Crippen LogP contribution in [-0.2, 0) is 14.3 Å². The molecule has 0 spiro atoms. The Bertz CT molecular complexity index is 1460. The molecule has 1 atom stereocenters. The number of esters is 1. The summed E-state index contributed by atoms with van der Waals surface area (Å²) in [4.78, 5) is 45.3. The number of hydrogen-bond acceptors (Lipinski definition) is 9. The Morgan fingerprint density at radius 3 is 2.36 bits per heavy atom. The average molecular weight is 593 g/mol. The van der Waals surface area contributed by atoms with Crippen LogP contribution < -0.4 is 14.4 Å². The number of benzene rings is 2. The van der Waals surface area contributed by atoms with Gasteiger partial charge < -0.3 is 19.3 Å². The van der Waals surface area contributed by atoms with Crippen molar-refractivity contribution in [3.8, 4) is 11.5 Å². The monoisotopic (exact) mass is 592 g/mol. The predicted molar refractivity (Wildman–Crippen MR) is 161 cm³/mol. The maximum Gasteiger partial charge on any atom is 0.350 e. The van der Waals surface area contributed by atoms with Crippen LogP contribution in [0.25, 0.3) is 5.76 Å². The highest BCUT2D eigenvalue weighted by Gasteiger charge is 2.48. The first-order valence-corrected chi connectivity index (χ1v) is 14.9. The molecule has 1 amide bonds. The minimum atomic E-state index is -1.00. The molecule has 42 heavy (non-hydrogen) atoms. The normalized spacial score (nSPS) is 16.1. The molecule has 9 nitrogen and oxygen atoms in total. The number of aromatic nitrogens is 1. The molecule has 0 saturated carbocycles. The molecule has 1 saturated heterocycles. The molecule has 1 aliphatic rings. The molecule has 1 aliphatic heterocycles. The number of carbonyl (C=O) groups excluding carboxylic acids is 3. The third-order valence-corrected chi connectivity index (χ3v) is 8.03. The molecular weight excluding hydrogens is 556 g/mol. The van der Waals surface area contributed by atoms with Gasteiger partial charge in [0.1, 0.15) is 22.1 Å². The van der Waals surface area contributed by atoms with E-state index in [4.69, 9.17) is 14.2 Å². The van der Waals surface area contributed by atoms with E-state index in [1.165, 1.54) is 12.0 Å². The van der Waals surface area contributed by atoms with Gasteiger partial charge in [0.25, 0.3) is 5.78 Å². The number of amides is 1. The second-order valence-corrected chi connectivity index (χ2v) is 10.9. The van der Waals surface area contributed by atoms with Gasteiger partial charge in [-0.05, 0) is 49.6 Å². The van der Waals surface area contributed by atoms with Crippen molar-refractivity contribution in [1.82, 2.24) is 4.98 Å². The molecule has 3 aromatic rings. The number of unbranched alkanes of at least 4 members (excludes halogenated alkanes) is 3. The highest BCUT2D eigenvalue weighted by molar-refractivity contribution is 7.17. The fourth-order valence-corrected chi connectivity index (χ4v) is 5.64. The van der Waals surface area contributed by atoms with Gasteiger partial charge in [-0.15, -0.1) is 0 Å². The van der Waals surface area contributed by atoms with Gasteiger partial charge in [0.05, 0.1) is 37.6 Å². The quantitative estimate of drug-likeness (QED) is 0.0775. The minimum Gasteiger partial charge on any atom is -0.507 e. The van der Waals surface area contributed by atoms with Gasteiger partial charge in [0, 0.05) is 5.56 Å². The van der Waals surface area contributed by atoms with Crippen molar-refractivity contribution in [2.45, 2.75) is 58.9 Å². The van der Waals surface area contributed by atoms with Crippen molar-refractivity contribution in [2.24, 2.45) is 0 Å². The van der Waals surface area contributed by atoms with Crippen LogP contribution in [0.15, 0.2) is 54.1 Å². The fraction of sp³-hybridized carbons (Fsp3) is 0.375. The zero-order chi connectivity index (χ0) is 30.2. The Balaban J connectivity index is 1.79. The number of hydrogen-bond donors (Lipinski definition) is 1. The number of carbonyl (C=O) groups is 3. The molecule has 10 heteroatoms. The van der Waals surface area contributed by atoms with E-state index in [1.807, 2.05) is 0 Å². The number of Topliss-reactive ketones (excluding diaryl/α,β-unsaturated/α-hetero) is 1. The maximum atomic E-state index is 13.6. The van der Waals surface area contributed by atoms with Crippen LogP contribution in [0.3, 0.4) is 0 Å². The maximum absolute atomic E-state index is 13.6. The van der Waals surface area contributed by atoms with Crippen LogP contribution in [0.4, 0.5) is 5.13 Å². The van der Waals surface area contributed by atoms with E-state index in [0.717, 1.165) is 43.4 Å². The topological polar surface area (TPSA) is 115 Å². The summed E-state index contributed by atoms with van der Waals surface area (Å²) in [5.41, 5.74) is 1.19. The number of ether oxygens (including phenoxy) is 3. The molecule has 4 rings (SSSR count). The zero-order valence-electron chi connectivity index (χ0n) is 24.3. The van der Waals surface area contributed by atoms with Gasteiger partial charge in [-0.1, -0.05) is 68.7 Å². The van der Waals surface area contributed by atoms with Gasteiger partial charge in [0.2, 0.25) is 0 Å². The highest BCUT2D eigenvalue weighted by atomic mass is 32.1. The van der Waals surface area contributed by atoms with Crippen LogP contribution >= 0.6 is 11.3 Å². The molecule has 1 aromatic heterocycles. The summed E-state index contributed by atoms with van der Waals surface area (Å²) in [5, 5.41) is 11.7. The summed E-state index contributed by atoms with van der Waals surface area (Å²) in [6.07, 6.45) is 4.94. The summed E-state index contributed by atoms with van der Waals surface area (Å²) >= 11 is 0.954. The SMILES string of the molecule is CCCCCOc1ccc(C2C(=C(O)c3cccc(OCCCC)c3)C(=O)C(=O)N2c2nc(C)c(C(=O)OC)s2)cc1. The number of aliphatic hydroxyl groups is 1. The summed E-state index contributed by atoms with van der Waals surface area (Å²) in [6.45, 7) is 6.92. The van der Waals surface area contributed by atoms with Crippen molar-refractivity contribution >= 4 is 39.9 Å². The van der Waals surface area contributed by atoms with Crippen molar-refractivity contribution in [3.05, 3.63) is 75.8 Å². The number of aryl methyl sites for hydroxylation is 1. The number of anilines is 1. The van der Waals surface area contributed by atoms with E-state index in [0.29, 0.717) is 41.5 Å². The number of nitrogens with zero attached hydrogens (tertiary/aromatic N) is 2. The third kappa shape index (κ3) is 6.65. The third-order valence-electron chi connectivity index (χ3n) is 6.89. The molecule has 222 valence electrons. The van der Waals surface area contributed by atoms with Gasteiger partial charge in [-0.25, -0.2) is 9.78 Å². The lowest BCUT2D eigenvalue weighted by molar-refractivity contribution is -0.132. The summed E-state index contributed by atoms with van der Waals surface area (Å²) < 4.78 is 16.5. The smallest absolute Gasteiger partial charge is 0.350 e. The Kier molecular flexibility index (Phi) is 10.4. The van der Waals surface area contributed by atoms with Crippen LogP contribution in [0, 0.1) is 6.92 Å². The highest BCUT2D eigenvalue weighted by Crippen LogP contribution is 2.44. The Labute approximate surface area is 249 Å².